The highest BCUT2D eigenvalue weighted by Gasteiger charge is 2.34. The normalized spacial score (nSPS) is 15.4. The molecule has 7 heteroatoms. The third kappa shape index (κ3) is 3.91. The quantitative estimate of drug-likeness (QED) is 0.625. The number of aromatic nitrogens is 3. The summed E-state index contributed by atoms with van der Waals surface area (Å²) in [7, 11) is 0. The standard InChI is InChI=1S/C23H24N4O3/c1-4-29-22(28)20-16(3)26-23-24-14-25-27(23)21(20)18-8-10-19(11-9-18)30-13-17-7-5-6-15(2)12-17/h5-12,14,21H,4,13H2,1-3H3,(H,24,25,26). The molecule has 1 aliphatic heterocycles. The lowest BCUT2D eigenvalue weighted by Crippen LogP contribution is -2.29. The molecule has 30 heavy (non-hydrogen) atoms. The predicted octanol–water partition coefficient (Wildman–Crippen LogP) is 4.02. The summed E-state index contributed by atoms with van der Waals surface area (Å²) in [5.74, 6) is 0.977. The number of aryl methyl sites for hydroxylation is 1. The van der Waals surface area contributed by atoms with E-state index < -0.39 is 6.04 Å². The topological polar surface area (TPSA) is 78.3 Å². The lowest BCUT2D eigenvalue weighted by molar-refractivity contribution is -0.139. The van der Waals surface area contributed by atoms with Gasteiger partial charge in [0.1, 0.15) is 24.7 Å². The van der Waals surface area contributed by atoms with E-state index in [0.29, 0.717) is 30.4 Å². The molecule has 0 fully saturated rings. The summed E-state index contributed by atoms with van der Waals surface area (Å²) in [6.07, 6.45) is 1.47. The van der Waals surface area contributed by atoms with Crippen LogP contribution in [0.3, 0.4) is 0 Å². The largest absolute Gasteiger partial charge is 0.489 e. The van der Waals surface area contributed by atoms with Gasteiger partial charge in [0.05, 0.1) is 12.2 Å². The molecular formula is C23H24N4O3. The van der Waals surface area contributed by atoms with Gasteiger partial charge in [-0.05, 0) is 44.0 Å². The predicted molar refractivity (Wildman–Crippen MR) is 113 cm³/mol. The number of hydrogen-bond donors (Lipinski definition) is 1. The van der Waals surface area contributed by atoms with E-state index in [2.05, 4.69) is 34.5 Å². The van der Waals surface area contributed by atoms with Crippen LogP contribution in [0.4, 0.5) is 5.95 Å². The van der Waals surface area contributed by atoms with Gasteiger partial charge in [-0.2, -0.15) is 10.1 Å². The van der Waals surface area contributed by atoms with Crippen molar-refractivity contribution in [1.29, 1.82) is 0 Å². The van der Waals surface area contributed by atoms with Crippen LogP contribution < -0.4 is 10.1 Å². The third-order valence-corrected chi connectivity index (χ3v) is 4.97. The van der Waals surface area contributed by atoms with Crippen molar-refractivity contribution >= 4 is 11.9 Å². The average Bonchev–Trinajstić information content (AvgIpc) is 3.20. The number of ether oxygens (including phenoxy) is 2. The molecule has 0 bridgehead atoms. The first-order valence-electron chi connectivity index (χ1n) is 9.89. The van der Waals surface area contributed by atoms with Crippen LogP contribution in [0, 0.1) is 6.92 Å². The molecule has 3 aromatic rings. The van der Waals surface area contributed by atoms with Gasteiger partial charge in [0.15, 0.2) is 0 Å². The summed E-state index contributed by atoms with van der Waals surface area (Å²) in [5, 5.41) is 7.45. The fourth-order valence-corrected chi connectivity index (χ4v) is 3.59. The second kappa shape index (κ2) is 8.41. The lowest BCUT2D eigenvalue weighted by Gasteiger charge is -2.28. The maximum Gasteiger partial charge on any atom is 0.338 e. The van der Waals surface area contributed by atoms with Crippen LogP contribution in [0.1, 0.15) is 36.6 Å². The molecule has 0 amide bonds. The molecule has 1 atom stereocenters. The number of benzene rings is 2. The summed E-state index contributed by atoms with van der Waals surface area (Å²) in [6, 6.07) is 15.5. The second-order valence-electron chi connectivity index (χ2n) is 7.16. The van der Waals surface area contributed by atoms with Crippen molar-refractivity contribution in [3.63, 3.8) is 0 Å². The van der Waals surface area contributed by atoms with Crippen LogP contribution in [0.2, 0.25) is 0 Å². The van der Waals surface area contributed by atoms with Crippen molar-refractivity contribution in [3.05, 3.63) is 82.8 Å². The minimum atomic E-state index is -0.423. The van der Waals surface area contributed by atoms with Gasteiger partial charge in [-0.3, -0.25) is 0 Å². The Morgan fingerprint density at radius 1 is 1.17 bits per heavy atom. The van der Waals surface area contributed by atoms with E-state index in [1.54, 1.807) is 11.6 Å². The van der Waals surface area contributed by atoms with Crippen LogP contribution in [-0.2, 0) is 16.1 Å². The van der Waals surface area contributed by atoms with Gasteiger partial charge >= 0.3 is 5.97 Å². The molecule has 2 heterocycles. The Morgan fingerprint density at radius 2 is 1.97 bits per heavy atom. The molecule has 1 aromatic heterocycles. The summed E-state index contributed by atoms with van der Waals surface area (Å²) in [5.41, 5.74) is 4.44. The van der Waals surface area contributed by atoms with E-state index in [1.807, 2.05) is 43.3 Å². The SMILES string of the molecule is CCOC(=O)C1=C(C)Nc2ncnn2C1c1ccc(OCc2cccc(C)c2)cc1. The zero-order valence-corrected chi connectivity index (χ0v) is 17.3. The summed E-state index contributed by atoms with van der Waals surface area (Å²) < 4.78 is 12.9. The number of nitrogens with zero attached hydrogens (tertiary/aromatic N) is 3. The van der Waals surface area contributed by atoms with Crippen molar-refractivity contribution in [2.45, 2.75) is 33.4 Å². The van der Waals surface area contributed by atoms with Crippen molar-refractivity contribution in [2.24, 2.45) is 0 Å². The first kappa shape index (κ1) is 19.7. The smallest absolute Gasteiger partial charge is 0.338 e. The van der Waals surface area contributed by atoms with E-state index in [0.717, 1.165) is 16.9 Å². The molecule has 7 nitrogen and oxygen atoms in total. The molecule has 0 saturated carbocycles. The van der Waals surface area contributed by atoms with Gasteiger partial charge in [-0.15, -0.1) is 0 Å². The first-order chi connectivity index (χ1) is 14.6. The Balaban J connectivity index is 1.59. The molecule has 4 rings (SSSR count). The zero-order chi connectivity index (χ0) is 21.1. The number of rotatable bonds is 6. The zero-order valence-electron chi connectivity index (χ0n) is 17.3. The number of nitrogens with one attached hydrogen (secondary N) is 1. The molecule has 2 aromatic carbocycles. The maximum absolute atomic E-state index is 12.7. The van der Waals surface area contributed by atoms with Gasteiger partial charge < -0.3 is 14.8 Å². The van der Waals surface area contributed by atoms with E-state index in [-0.39, 0.29) is 5.97 Å². The van der Waals surface area contributed by atoms with E-state index in [1.165, 1.54) is 11.9 Å². The fourth-order valence-electron chi connectivity index (χ4n) is 3.59. The first-order valence-corrected chi connectivity index (χ1v) is 9.89. The molecule has 1 N–H and O–H groups in total. The third-order valence-electron chi connectivity index (χ3n) is 4.97. The molecule has 0 spiro atoms. The Morgan fingerprint density at radius 3 is 2.70 bits per heavy atom. The summed E-state index contributed by atoms with van der Waals surface area (Å²) in [4.78, 5) is 16.9. The number of fused-ring (bicyclic) bond motifs is 1. The van der Waals surface area contributed by atoms with Gasteiger partial charge in [-0.25, -0.2) is 9.48 Å². The van der Waals surface area contributed by atoms with Crippen molar-refractivity contribution in [3.8, 4) is 5.75 Å². The highest BCUT2D eigenvalue weighted by molar-refractivity contribution is 5.92. The van der Waals surface area contributed by atoms with Crippen LogP contribution >= 0.6 is 0 Å². The Bertz CT molecular complexity index is 1090. The maximum atomic E-state index is 12.7. The van der Waals surface area contributed by atoms with Gasteiger partial charge in [0.25, 0.3) is 0 Å². The Labute approximate surface area is 175 Å². The molecule has 154 valence electrons. The van der Waals surface area contributed by atoms with Crippen LogP contribution in [0.15, 0.2) is 66.1 Å². The highest BCUT2D eigenvalue weighted by atomic mass is 16.5. The van der Waals surface area contributed by atoms with Gasteiger partial charge in [0, 0.05) is 5.70 Å². The fraction of sp³-hybridized carbons (Fsp3) is 0.261. The summed E-state index contributed by atoms with van der Waals surface area (Å²) >= 11 is 0. The van der Waals surface area contributed by atoms with E-state index in [9.17, 15) is 4.79 Å². The van der Waals surface area contributed by atoms with Crippen LogP contribution in [0.25, 0.3) is 0 Å². The van der Waals surface area contributed by atoms with E-state index in [4.69, 9.17) is 9.47 Å². The molecule has 0 aliphatic carbocycles. The molecule has 1 aliphatic rings. The lowest BCUT2D eigenvalue weighted by atomic mass is 9.96. The van der Waals surface area contributed by atoms with Gasteiger partial charge in [-0.1, -0.05) is 42.0 Å². The van der Waals surface area contributed by atoms with Gasteiger partial charge in [0.2, 0.25) is 5.95 Å². The number of carbonyl (C=O) groups excluding carboxylic acids is 1. The van der Waals surface area contributed by atoms with Crippen molar-refractivity contribution in [1.82, 2.24) is 14.8 Å². The van der Waals surface area contributed by atoms with Crippen LogP contribution in [-0.4, -0.2) is 27.3 Å². The monoisotopic (exact) mass is 404 g/mol. The minimum Gasteiger partial charge on any atom is -0.489 e. The van der Waals surface area contributed by atoms with Crippen molar-refractivity contribution in [2.75, 3.05) is 11.9 Å². The van der Waals surface area contributed by atoms with Crippen molar-refractivity contribution < 1.29 is 14.3 Å². The average molecular weight is 404 g/mol. The molecule has 0 radical (unpaired) electrons. The molecular weight excluding hydrogens is 380 g/mol. The van der Waals surface area contributed by atoms with E-state index >= 15 is 0 Å². The Kier molecular flexibility index (Phi) is 5.52. The summed E-state index contributed by atoms with van der Waals surface area (Å²) in [6.45, 7) is 6.50. The molecule has 1 unspecified atom stereocenters. The van der Waals surface area contributed by atoms with Crippen LogP contribution in [0.5, 0.6) is 5.75 Å². The number of esters is 1. The molecule has 0 saturated heterocycles. The minimum absolute atomic E-state index is 0.304. The Hall–Kier alpha value is -3.61. The number of carbonyl (C=O) groups is 1. The highest BCUT2D eigenvalue weighted by Crippen LogP contribution is 2.35. The number of anilines is 1. The number of hydrogen-bond acceptors (Lipinski definition) is 6. The second-order valence-corrected chi connectivity index (χ2v) is 7.16. The number of allylic oxidation sites excluding steroid dienone is 1.